The van der Waals surface area contributed by atoms with E-state index in [1.165, 1.54) is 9.78 Å². The van der Waals surface area contributed by atoms with Crippen molar-refractivity contribution in [1.82, 2.24) is 35.3 Å². The number of rotatable bonds is 22. The number of anilines is 1. The van der Waals surface area contributed by atoms with Crippen LogP contribution in [0.3, 0.4) is 0 Å². The highest BCUT2D eigenvalue weighted by molar-refractivity contribution is 7.15. The first kappa shape index (κ1) is 55.3. The minimum absolute atomic E-state index is 0.0169. The smallest absolute Gasteiger partial charge is 0.246 e. The number of β-amino-alcohol motifs (C(OH)–C–C–N with tert-alkyl or cyclic N) is 1. The highest BCUT2D eigenvalue weighted by Gasteiger charge is 2.44. The van der Waals surface area contributed by atoms with E-state index >= 15 is 0 Å². The number of aryl methyl sites for hydroxylation is 3. The Morgan fingerprint density at radius 2 is 1.58 bits per heavy atom. The van der Waals surface area contributed by atoms with Gasteiger partial charge in [-0.15, -0.1) is 32.9 Å². The summed E-state index contributed by atoms with van der Waals surface area (Å²) in [5, 5.41) is 29.3. The number of aliphatic hydroxyl groups is 1. The summed E-state index contributed by atoms with van der Waals surface area (Å²) >= 11 is 3.24. The predicted molar refractivity (Wildman–Crippen MR) is 296 cm³/mol. The summed E-state index contributed by atoms with van der Waals surface area (Å²) in [6, 6.07) is 20.8. The minimum Gasteiger partial charge on any atom is -0.494 e. The van der Waals surface area contributed by atoms with Gasteiger partial charge in [-0.3, -0.25) is 28.7 Å². The van der Waals surface area contributed by atoms with E-state index in [0.717, 1.165) is 60.5 Å². The highest BCUT2D eigenvalue weighted by atomic mass is 32.1. The lowest BCUT2D eigenvalue weighted by Crippen LogP contribution is -2.58. The largest absolute Gasteiger partial charge is 0.494 e. The van der Waals surface area contributed by atoms with Gasteiger partial charge in [0.1, 0.15) is 41.3 Å². The number of aliphatic imine (C=N–C) groups is 1. The van der Waals surface area contributed by atoms with Crippen molar-refractivity contribution in [3.8, 4) is 21.2 Å². The van der Waals surface area contributed by atoms with Crippen molar-refractivity contribution < 1.29 is 38.5 Å². The second-order valence-electron chi connectivity index (χ2n) is 20.2. The minimum atomic E-state index is -0.963. The molecule has 1 saturated heterocycles. The Hall–Kier alpha value is -6.90. The third-order valence-corrected chi connectivity index (χ3v) is 15.6. The van der Waals surface area contributed by atoms with E-state index in [4.69, 9.17) is 19.2 Å². The van der Waals surface area contributed by atoms with Crippen LogP contribution in [0.25, 0.3) is 21.5 Å². The fourth-order valence-corrected chi connectivity index (χ4v) is 11.2. The number of hydrogen-bond donors (Lipinski definition) is 4. The van der Waals surface area contributed by atoms with E-state index in [0.29, 0.717) is 49.9 Å². The predicted octanol–water partition coefficient (Wildman–Crippen LogP) is 8.25. The number of aliphatic hydroxyl groups excluding tert-OH is 1. The highest BCUT2D eigenvalue weighted by Crippen LogP contribution is 2.40. The van der Waals surface area contributed by atoms with Crippen LogP contribution in [0.4, 0.5) is 5.69 Å². The maximum absolute atomic E-state index is 14.0. The van der Waals surface area contributed by atoms with Gasteiger partial charge >= 0.3 is 0 Å². The van der Waals surface area contributed by atoms with E-state index in [1.54, 1.807) is 34.8 Å². The molecule has 5 heterocycles. The average Bonchev–Trinajstić information content (AvgIpc) is 4.19. The zero-order chi connectivity index (χ0) is 54.1. The fraction of sp³-hybridized carbons (Fsp3) is 0.404. The number of carbonyl (C=O) groups is 4. The van der Waals surface area contributed by atoms with Gasteiger partial charge in [0.15, 0.2) is 5.82 Å². The summed E-state index contributed by atoms with van der Waals surface area (Å²) in [6.45, 7) is 19.0. The van der Waals surface area contributed by atoms with Gasteiger partial charge in [0.05, 0.1) is 40.9 Å². The van der Waals surface area contributed by atoms with Gasteiger partial charge in [0, 0.05) is 67.4 Å². The second-order valence-corrected chi connectivity index (χ2v) is 22.2. The van der Waals surface area contributed by atoms with Gasteiger partial charge in [0.2, 0.25) is 23.6 Å². The number of aromatic nitrogens is 4. The molecule has 8 rings (SSSR count). The third-order valence-electron chi connectivity index (χ3n) is 13.4. The number of thiazole rings is 1. The van der Waals surface area contributed by atoms with Crippen molar-refractivity contribution >= 4 is 63.8 Å². The van der Waals surface area contributed by atoms with Crippen LogP contribution in [0.2, 0.25) is 0 Å². The molecule has 2 aliphatic rings. The molecular weight excluding hydrogens is 1000 g/mol. The van der Waals surface area contributed by atoms with Crippen molar-refractivity contribution in [2.75, 3.05) is 44.9 Å². The molecule has 2 aliphatic heterocycles. The molecule has 3 aromatic heterocycles. The van der Waals surface area contributed by atoms with Crippen LogP contribution < -0.4 is 20.7 Å². The van der Waals surface area contributed by atoms with Gasteiger partial charge < -0.3 is 40.2 Å². The second kappa shape index (κ2) is 24.8. The van der Waals surface area contributed by atoms with E-state index in [9.17, 15) is 24.3 Å². The molecule has 0 bridgehead atoms. The number of amides is 4. The van der Waals surface area contributed by atoms with Crippen LogP contribution in [0.5, 0.6) is 5.75 Å². The van der Waals surface area contributed by atoms with Gasteiger partial charge in [0.25, 0.3) is 0 Å². The number of carbonyl (C=O) groups excluding carboxylic acids is 4. The number of ether oxygens (including phenoxy) is 3. The van der Waals surface area contributed by atoms with Crippen molar-refractivity contribution in [3.63, 3.8) is 0 Å². The number of nitrogens with zero attached hydrogens (tertiary/aromatic N) is 6. The molecule has 0 saturated carbocycles. The van der Waals surface area contributed by atoms with Crippen LogP contribution in [0.1, 0.15) is 103 Å². The van der Waals surface area contributed by atoms with Gasteiger partial charge in [-0.1, -0.05) is 82.0 Å². The number of thiophene rings is 1. The lowest BCUT2D eigenvalue weighted by atomic mass is 9.85. The molecule has 17 nitrogen and oxygen atoms in total. The van der Waals surface area contributed by atoms with Crippen LogP contribution >= 0.6 is 22.7 Å². The van der Waals surface area contributed by atoms with Crippen molar-refractivity contribution in [2.45, 2.75) is 105 Å². The summed E-state index contributed by atoms with van der Waals surface area (Å²) in [5.41, 5.74) is 9.56. The summed E-state index contributed by atoms with van der Waals surface area (Å²) in [7, 11) is 0. The Morgan fingerprint density at radius 3 is 2.26 bits per heavy atom. The molecule has 76 heavy (non-hydrogen) atoms. The molecule has 0 unspecified atom stereocenters. The first-order valence-corrected chi connectivity index (χ1v) is 27.2. The lowest BCUT2D eigenvalue weighted by molar-refractivity contribution is -0.144. The summed E-state index contributed by atoms with van der Waals surface area (Å²) in [5.74, 6) is 0.514. The summed E-state index contributed by atoms with van der Waals surface area (Å²) < 4.78 is 19.4. The van der Waals surface area contributed by atoms with Crippen LogP contribution in [0.15, 0.2) is 89.9 Å². The van der Waals surface area contributed by atoms with Crippen LogP contribution in [0, 0.1) is 33.1 Å². The lowest BCUT2D eigenvalue weighted by Gasteiger charge is -2.35. The first-order chi connectivity index (χ1) is 36.5. The molecule has 3 aromatic carbocycles. The maximum atomic E-state index is 14.0. The molecule has 0 radical (unpaired) electrons. The number of fused-ring (bicyclic) bond motifs is 3. The third kappa shape index (κ3) is 13.4. The Morgan fingerprint density at radius 1 is 0.882 bits per heavy atom. The van der Waals surface area contributed by atoms with Crippen LogP contribution in [-0.4, -0.2) is 117 Å². The summed E-state index contributed by atoms with van der Waals surface area (Å²) in [6.07, 6.45) is 2.28. The van der Waals surface area contributed by atoms with Gasteiger partial charge in [-0.05, 0) is 86.1 Å². The van der Waals surface area contributed by atoms with E-state index in [-0.39, 0.29) is 51.0 Å². The number of hydrogen-bond acceptors (Lipinski definition) is 14. The van der Waals surface area contributed by atoms with Gasteiger partial charge in [-0.2, -0.15) is 0 Å². The molecule has 6 aromatic rings. The Bertz CT molecular complexity index is 3050. The molecule has 1 fully saturated rings. The number of likely N-dealkylation sites (tertiary alicyclic amines) is 1. The summed E-state index contributed by atoms with van der Waals surface area (Å²) in [4.78, 5) is 67.4. The standard InChI is InChI=1S/C57H67N9O8S2/c1-9-38-12-16-40(17-13-38)50-49-34(2)36(4)76-56(49)66-37(5)63-64-53(66)45(61-50)29-47(68)60-42-20-22-44(23-21-42)74-27-11-25-72-24-10-26-73-32-48(69)62-52(57(6,7)8)55(71)65-31-43(67)28-46(65)54(70)58-30-39-14-18-41(19-15-39)51-35(3)59-33-75-51/h9,12-23,33,43,45-46,52,67H,1,10-11,24-32H2,2-8H3,(H,58,70)(H,60,68)(H,62,69)/t43-,45+,46+,52-/m1/s1. The van der Waals surface area contributed by atoms with Crippen LogP contribution in [-0.2, 0) is 35.2 Å². The Labute approximate surface area is 451 Å². The molecule has 0 aliphatic carbocycles. The Kier molecular flexibility index (Phi) is 18.1. The molecule has 4 N–H and O–H groups in total. The number of nitrogens with one attached hydrogen (secondary N) is 3. The molecule has 400 valence electrons. The normalized spacial score (nSPS) is 16.5. The van der Waals surface area contributed by atoms with Crippen molar-refractivity contribution in [1.29, 1.82) is 0 Å². The first-order valence-electron chi connectivity index (χ1n) is 25.6. The quantitative estimate of drug-likeness (QED) is 0.0476. The number of benzene rings is 3. The molecule has 19 heteroatoms. The monoisotopic (exact) mass is 1070 g/mol. The average molecular weight is 1070 g/mol. The molecule has 4 atom stereocenters. The maximum Gasteiger partial charge on any atom is 0.246 e. The van der Waals surface area contributed by atoms with Crippen molar-refractivity contribution in [3.05, 3.63) is 135 Å². The zero-order valence-corrected chi connectivity index (χ0v) is 45.8. The molecule has 0 spiro atoms. The SMILES string of the molecule is C=Cc1ccc(C2=N[C@@H](CC(=O)Nc3ccc(OCCCOCCCOCC(=O)N[C@H](C(=O)N4C[C@H](O)C[C@H]4C(=O)NCc4ccc(-c5scnc5C)cc4)C(C)(C)C)cc3)c3nnc(C)n3-c3sc(C)c(C)c32)cc1. The van der Waals surface area contributed by atoms with E-state index < -0.39 is 41.5 Å². The zero-order valence-electron chi connectivity index (χ0n) is 44.2. The van der Waals surface area contributed by atoms with Gasteiger partial charge in [-0.25, -0.2) is 4.98 Å². The van der Waals surface area contributed by atoms with E-state index in [2.05, 4.69) is 51.6 Å². The topological polar surface area (TPSA) is 211 Å². The Balaban J connectivity index is 0.726. The molecule has 4 amide bonds. The van der Waals surface area contributed by atoms with E-state index in [1.807, 2.05) is 111 Å². The fourth-order valence-electron chi connectivity index (χ4n) is 9.19. The molecular formula is C57H67N9O8S2. The van der Waals surface area contributed by atoms with Crippen molar-refractivity contribution in [2.24, 2.45) is 10.4 Å².